The Balaban J connectivity index is 1.62. The number of halogens is 1. The van der Waals surface area contributed by atoms with Crippen LogP contribution in [0.25, 0.3) is 5.65 Å². The van der Waals surface area contributed by atoms with Crippen LogP contribution in [0.15, 0.2) is 29.9 Å². The Kier molecular flexibility index (Phi) is 3.70. The molecule has 0 radical (unpaired) electrons. The topological polar surface area (TPSA) is 43.1 Å². The van der Waals surface area contributed by atoms with Crippen molar-refractivity contribution in [2.24, 2.45) is 0 Å². The summed E-state index contributed by atoms with van der Waals surface area (Å²) in [4.78, 5) is 8.52. The maximum Gasteiger partial charge on any atom is 0.155 e. The Morgan fingerprint density at radius 3 is 3.10 bits per heavy atom. The molecule has 100 valence electrons. The number of aromatic nitrogens is 4. The molecule has 3 aromatic rings. The third kappa shape index (κ3) is 2.83. The first kappa shape index (κ1) is 12.8. The summed E-state index contributed by atoms with van der Waals surface area (Å²) in [5.41, 5.74) is 2.46. The van der Waals surface area contributed by atoms with Gasteiger partial charge in [0.05, 0.1) is 6.20 Å². The lowest BCUT2D eigenvalue weighted by molar-refractivity contribution is 0.483. The lowest BCUT2D eigenvalue weighted by Crippen LogP contribution is -1.94. The number of aryl methyl sites for hydroxylation is 1. The molecule has 0 atom stereocenters. The molecule has 0 amide bonds. The van der Waals surface area contributed by atoms with Crippen molar-refractivity contribution in [2.75, 3.05) is 0 Å². The Morgan fingerprint density at radius 1 is 1.30 bits per heavy atom. The van der Waals surface area contributed by atoms with Gasteiger partial charge >= 0.3 is 0 Å². The van der Waals surface area contributed by atoms with Crippen LogP contribution >= 0.6 is 11.3 Å². The van der Waals surface area contributed by atoms with Crippen LogP contribution in [0.5, 0.6) is 0 Å². The van der Waals surface area contributed by atoms with Crippen LogP contribution in [-0.4, -0.2) is 19.6 Å². The average Bonchev–Trinajstić information content (AvgIpc) is 3.11. The summed E-state index contributed by atoms with van der Waals surface area (Å²) >= 11 is 1.30. The lowest BCUT2D eigenvalue weighted by Gasteiger charge is -1.97. The Bertz CT molecular complexity index is 781. The minimum Gasteiger partial charge on any atom is -0.243 e. The second-order valence-electron chi connectivity index (χ2n) is 4.11. The molecule has 0 aromatic carbocycles. The maximum atomic E-state index is 12.3. The number of fused-ring (bicyclic) bond motifs is 1. The predicted octanol–water partition coefficient (Wildman–Crippen LogP) is 2.64. The van der Waals surface area contributed by atoms with Crippen LogP contribution in [0.1, 0.15) is 22.8 Å². The third-order valence-corrected chi connectivity index (χ3v) is 3.52. The molecule has 3 rings (SSSR count). The van der Waals surface area contributed by atoms with Crippen molar-refractivity contribution in [3.05, 3.63) is 46.3 Å². The number of hydrogen-bond donors (Lipinski definition) is 0. The molecule has 0 saturated carbocycles. The van der Waals surface area contributed by atoms with Crippen molar-refractivity contribution < 1.29 is 4.39 Å². The summed E-state index contributed by atoms with van der Waals surface area (Å²) in [5.74, 6) is 5.98. The molecule has 0 saturated heterocycles. The number of thiazole rings is 1. The van der Waals surface area contributed by atoms with Crippen LogP contribution in [-0.2, 0) is 13.1 Å². The fourth-order valence-corrected chi connectivity index (χ4v) is 2.34. The van der Waals surface area contributed by atoms with E-state index in [1.54, 1.807) is 16.1 Å². The van der Waals surface area contributed by atoms with Gasteiger partial charge in [-0.2, -0.15) is 5.10 Å². The molecular weight excluding hydrogens is 275 g/mol. The van der Waals surface area contributed by atoms with Gasteiger partial charge in [0.25, 0.3) is 0 Å². The van der Waals surface area contributed by atoms with Crippen molar-refractivity contribution in [2.45, 2.75) is 19.5 Å². The van der Waals surface area contributed by atoms with E-state index in [2.05, 4.69) is 26.9 Å². The van der Waals surface area contributed by atoms with Gasteiger partial charge < -0.3 is 0 Å². The second-order valence-corrected chi connectivity index (χ2v) is 5.06. The molecule has 3 heterocycles. The van der Waals surface area contributed by atoms with E-state index in [0.717, 1.165) is 17.8 Å². The maximum absolute atomic E-state index is 12.3. The first-order valence-electron chi connectivity index (χ1n) is 6.13. The zero-order valence-corrected chi connectivity index (χ0v) is 11.4. The molecule has 0 bridgehead atoms. The lowest BCUT2D eigenvalue weighted by atomic mass is 10.2. The van der Waals surface area contributed by atoms with Gasteiger partial charge in [0.1, 0.15) is 17.4 Å². The molecule has 6 heteroatoms. The van der Waals surface area contributed by atoms with Gasteiger partial charge in [0.2, 0.25) is 0 Å². The molecular formula is C14H11FN4S. The van der Waals surface area contributed by atoms with Gasteiger partial charge in [0.15, 0.2) is 5.65 Å². The number of rotatable bonds is 3. The molecule has 20 heavy (non-hydrogen) atoms. The van der Waals surface area contributed by atoms with Crippen LogP contribution in [0.4, 0.5) is 4.39 Å². The molecule has 3 aromatic heterocycles. The van der Waals surface area contributed by atoms with E-state index in [9.17, 15) is 4.39 Å². The highest BCUT2D eigenvalue weighted by Gasteiger charge is 1.99. The van der Waals surface area contributed by atoms with E-state index >= 15 is 0 Å². The normalized spacial score (nSPS) is 10.4. The first-order chi connectivity index (χ1) is 9.85. The number of nitrogens with zero attached hydrogens (tertiary/aromatic N) is 4. The monoisotopic (exact) mass is 286 g/mol. The highest BCUT2D eigenvalue weighted by atomic mass is 32.1. The van der Waals surface area contributed by atoms with E-state index in [4.69, 9.17) is 0 Å². The van der Waals surface area contributed by atoms with Crippen LogP contribution < -0.4 is 0 Å². The van der Waals surface area contributed by atoms with Crippen LogP contribution in [0.3, 0.4) is 0 Å². The molecule has 0 fully saturated rings. The van der Waals surface area contributed by atoms with E-state index < -0.39 is 6.67 Å². The first-order valence-corrected chi connectivity index (χ1v) is 7.01. The van der Waals surface area contributed by atoms with Crippen molar-refractivity contribution in [3.63, 3.8) is 0 Å². The quantitative estimate of drug-likeness (QED) is 0.695. The molecule has 0 aliphatic heterocycles. The van der Waals surface area contributed by atoms with Crippen molar-refractivity contribution >= 4 is 17.0 Å². The fourth-order valence-electron chi connectivity index (χ4n) is 1.76. The number of hydrogen-bond acceptors (Lipinski definition) is 4. The van der Waals surface area contributed by atoms with Gasteiger partial charge in [-0.05, 0) is 12.0 Å². The van der Waals surface area contributed by atoms with Crippen molar-refractivity contribution in [3.8, 4) is 11.8 Å². The minimum absolute atomic E-state index is 0.474. The highest BCUT2D eigenvalue weighted by Crippen LogP contribution is 2.09. The molecule has 0 aliphatic rings. The molecule has 0 aliphatic carbocycles. The standard InChI is InChI=1S/C14H11FN4S/c15-9-14-18-12(10-20-14)4-2-1-3-11-6-8-19-13(17-11)5-7-16-19/h5-8,10H,1,3,9H2. The zero-order valence-electron chi connectivity index (χ0n) is 10.6. The van der Waals surface area contributed by atoms with E-state index in [1.165, 1.54) is 11.3 Å². The largest absolute Gasteiger partial charge is 0.243 e. The third-order valence-electron chi connectivity index (χ3n) is 2.70. The minimum atomic E-state index is -0.526. The molecule has 0 N–H and O–H groups in total. The average molecular weight is 286 g/mol. The Hall–Kier alpha value is -2.26. The van der Waals surface area contributed by atoms with Gasteiger partial charge in [-0.1, -0.05) is 5.92 Å². The Labute approximate surface area is 119 Å². The summed E-state index contributed by atoms with van der Waals surface area (Å²) in [6.45, 7) is -0.526. The van der Waals surface area contributed by atoms with E-state index in [1.807, 2.05) is 18.3 Å². The molecule has 4 nitrogen and oxygen atoms in total. The van der Waals surface area contributed by atoms with Gasteiger partial charge in [-0.3, -0.25) is 0 Å². The van der Waals surface area contributed by atoms with E-state index in [-0.39, 0.29) is 0 Å². The highest BCUT2D eigenvalue weighted by molar-refractivity contribution is 7.09. The van der Waals surface area contributed by atoms with Crippen molar-refractivity contribution in [1.82, 2.24) is 19.6 Å². The summed E-state index contributed by atoms with van der Waals surface area (Å²) in [6.07, 6.45) is 5.07. The van der Waals surface area contributed by atoms with Gasteiger partial charge in [-0.25, -0.2) is 18.9 Å². The zero-order chi connectivity index (χ0) is 13.8. The second kappa shape index (κ2) is 5.80. The van der Waals surface area contributed by atoms with Crippen LogP contribution in [0, 0.1) is 11.8 Å². The van der Waals surface area contributed by atoms with Gasteiger partial charge in [0, 0.05) is 36.2 Å². The summed E-state index contributed by atoms with van der Waals surface area (Å²) in [5, 5.41) is 6.35. The Morgan fingerprint density at radius 2 is 2.25 bits per heavy atom. The summed E-state index contributed by atoms with van der Waals surface area (Å²) in [7, 11) is 0. The van der Waals surface area contributed by atoms with E-state index in [0.29, 0.717) is 17.1 Å². The SMILES string of the molecule is FCc1nc(C#CCCc2ccn3nccc3n2)cs1. The summed E-state index contributed by atoms with van der Waals surface area (Å²) in [6, 6.07) is 3.80. The fraction of sp³-hybridized carbons (Fsp3) is 0.214. The van der Waals surface area contributed by atoms with Gasteiger partial charge in [-0.15, -0.1) is 11.3 Å². The predicted molar refractivity (Wildman–Crippen MR) is 75.1 cm³/mol. The van der Waals surface area contributed by atoms with Crippen molar-refractivity contribution in [1.29, 1.82) is 0 Å². The summed E-state index contributed by atoms with van der Waals surface area (Å²) < 4.78 is 14.1. The number of alkyl halides is 1. The molecule has 0 spiro atoms. The smallest absolute Gasteiger partial charge is 0.155 e. The van der Waals surface area contributed by atoms with Crippen LogP contribution in [0.2, 0.25) is 0 Å². The molecule has 0 unspecified atom stereocenters.